The van der Waals surface area contributed by atoms with Crippen LogP contribution in [0.2, 0.25) is 38.8 Å². The normalized spacial score (nSPS) is 12.9. The molecule has 0 unspecified atom stereocenters. The Bertz CT molecular complexity index is 197. The Morgan fingerprint density at radius 1 is 1.21 bits per heavy atom. The highest BCUT2D eigenvalue weighted by Gasteiger charge is 2.29. The standard InChI is InChI=1S/C9H22O3Si2/c1-13(2,3)12-14(4,5)8-6-7-9(10)11/h6-8H2,1-5H3,(H,10,11). The average molecular weight is 234 g/mol. The fourth-order valence-electron chi connectivity index (χ4n) is 1.55. The van der Waals surface area contributed by atoms with E-state index < -0.39 is 22.6 Å². The van der Waals surface area contributed by atoms with Crippen LogP contribution in [0.5, 0.6) is 0 Å². The van der Waals surface area contributed by atoms with Crippen molar-refractivity contribution in [1.29, 1.82) is 0 Å². The zero-order valence-electron chi connectivity index (χ0n) is 9.89. The van der Waals surface area contributed by atoms with Crippen LogP contribution in [0.25, 0.3) is 0 Å². The van der Waals surface area contributed by atoms with E-state index in [2.05, 4.69) is 32.7 Å². The summed E-state index contributed by atoms with van der Waals surface area (Å²) in [4.78, 5) is 10.4. The number of carboxylic acid groups (broad SMARTS) is 1. The molecule has 0 aromatic heterocycles. The molecule has 0 aromatic rings. The highest BCUT2D eigenvalue weighted by molar-refractivity contribution is 6.84. The summed E-state index contributed by atoms with van der Waals surface area (Å²) in [7, 11) is -3.06. The van der Waals surface area contributed by atoms with Crippen LogP contribution in [0, 0.1) is 0 Å². The van der Waals surface area contributed by atoms with Crippen molar-refractivity contribution >= 4 is 22.6 Å². The third kappa shape index (κ3) is 8.46. The predicted octanol–water partition coefficient (Wildman–Crippen LogP) is 2.91. The molecule has 0 aliphatic carbocycles. The monoisotopic (exact) mass is 234 g/mol. The van der Waals surface area contributed by atoms with Crippen molar-refractivity contribution in [3.63, 3.8) is 0 Å². The fraction of sp³-hybridized carbons (Fsp3) is 0.889. The quantitative estimate of drug-likeness (QED) is 0.719. The molecule has 0 saturated heterocycles. The lowest BCUT2D eigenvalue weighted by Gasteiger charge is -2.31. The minimum Gasteiger partial charge on any atom is -0.481 e. The van der Waals surface area contributed by atoms with Gasteiger partial charge in [0, 0.05) is 6.42 Å². The summed E-state index contributed by atoms with van der Waals surface area (Å²) in [6.45, 7) is 10.9. The lowest BCUT2D eigenvalue weighted by Crippen LogP contribution is -2.42. The first-order valence-electron chi connectivity index (χ1n) is 5.04. The molecule has 14 heavy (non-hydrogen) atoms. The van der Waals surface area contributed by atoms with Crippen LogP contribution < -0.4 is 0 Å². The molecule has 0 aliphatic heterocycles. The van der Waals surface area contributed by atoms with Crippen LogP contribution >= 0.6 is 0 Å². The molecule has 3 nitrogen and oxygen atoms in total. The van der Waals surface area contributed by atoms with Gasteiger partial charge in [0.25, 0.3) is 0 Å². The molecule has 5 heteroatoms. The molecular weight excluding hydrogens is 212 g/mol. The van der Waals surface area contributed by atoms with Crippen molar-refractivity contribution in [1.82, 2.24) is 0 Å². The fourth-order valence-corrected chi connectivity index (χ4v) is 9.61. The van der Waals surface area contributed by atoms with E-state index in [1.807, 2.05) is 0 Å². The molecule has 0 spiro atoms. The predicted molar refractivity (Wildman–Crippen MR) is 63.6 cm³/mol. The van der Waals surface area contributed by atoms with Gasteiger partial charge in [0.15, 0.2) is 16.6 Å². The maximum absolute atomic E-state index is 10.4. The third-order valence-electron chi connectivity index (χ3n) is 1.75. The summed E-state index contributed by atoms with van der Waals surface area (Å²) in [5.74, 6) is -0.706. The zero-order chi connectivity index (χ0) is 11.4. The second-order valence-corrected chi connectivity index (χ2v) is 14.3. The van der Waals surface area contributed by atoms with E-state index in [1.165, 1.54) is 0 Å². The number of hydrogen-bond donors (Lipinski definition) is 1. The van der Waals surface area contributed by atoms with Crippen LogP contribution in [-0.2, 0) is 8.91 Å². The molecule has 0 saturated carbocycles. The lowest BCUT2D eigenvalue weighted by atomic mass is 10.3. The maximum Gasteiger partial charge on any atom is 0.303 e. The minimum absolute atomic E-state index is 0.269. The smallest absolute Gasteiger partial charge is 0.303 e. The summed E-state index contributed by atoms with van der Waals surface area (Å²) in [5, 5.41) is 8.53. The van der Waals surface area contributed by atoms with E-state index in [0.717, 1.165) is 12.5 Å². The van der Waals surface area contributed by atoms with Crippen molar-refractivity contribution in [2.24, 2.45) is 0 Å². The number of carbonyl (C=O) groups is 1. The third-order valence-corrected chi connectivity index (χ3v) is 7.97. The lowest BCUT2D eigenvalue weighted by molar-refractivity contribution is -0.137. The van der Waals surface area contributed by atoms with Gasteiger partial charge in [-0.1, -0.05) is 0 Å². The van der Waals surface area contributed by atoms with E-state index in [0.29, 0.717) is 0 Å². The van der Waals surface area contributed by atoms with Crippen LogP contribution in [0.4, 0.5) is 0 Å². The Balaban J connectivity index is 3.89. The largest absolute Gasteiger partial charge is 0.481 e. The molecule has 0 aromatic carbocycles. The molecule has 0 fully saturated rings. The first-order chi connectivity index (χ1) is 6.12. The summed E-state index contributed by atoms with van der Waals surface area (Å²) < 4.78 is 6.09. The molecule has 0 heterocycles. The average Bonchev–Trinajstić information content (AvgIpc) is 1.78. The topological polar surface area (TPSA) is 46.5 Å². The number of aliphatic carboxylic acids is 1. The first-order valence-corrected chi connectivity index (χ1v) is 11.6. The zero-order valence-corrected chi connectivity index (χ0v) is 11.9. The van der Waals surface area contributed by atoms with Gasteiger partial charge in [0.2, 0.25) is 0 Å². The molecule has 0 atom stereocenters. The van der Waals surface area contributed by atoms with E-state index in [9.17, 15) is 4.79 Å². The van der Waals surface area contributed by atoms with E-state index >= 15 is 0 Å². The number of hydrogen-bond acceptors (Lipinski definition) is 2. The molecule has 0 bridgehead atoms. The first kappa shape index (κ1) is 13.9. The number of carboxylic acids is 1. The molecule has 0 radical (unpaired) electrons. The Morgan fingerprint density at radius 2 is 1.71 bits per heavy atom. The van der Waals surface area contributed by atoms with Crippen LogP contribution in [0.15, 0.2) is 0 Å². The van der Waals surface area contributed by atoms with Crippen molar-refractivity contribution in [2.75, 3.05) is 0 Å². The SMILES string of the molecule is C[Si](C)(C)O[Si](C)(C)CCCC(=O)O. The Labute approximate surface area is 88.7 Å². The maximum atomic E-state index is 10.4. The van der Waals surface area contributed by atoms with Gasteiger partial charge >= 0.3 is 5.97 Å². The van der Waals surface area contributed by atoms with Gasteiger partial charge in [0.1, 0.15) is 0 Å². The van der Waals surface area contributed by atoms with Gasteiger partial charge < -0.3 is 9.22 Å². The summed E-state index contributed by atoms with van der Waals surface area (Å²) >= 11 is 0. The minimum atomic E-state index is -1.61. The van der Waals surface area contributed by atoms with Gasteiger partial charge in [-0.25, -0.2) is 0 Å². The van der Waals surface area contributed by atoms with Crippen molar-refractivity contribution in [3.8, 4) is 0 Å². The second kappa shape index (κ2) is 5.09. The van der Waals surface area contributed by atoms with Gasteiger partial charge in [-0.05, 0) is 45.2 Å². The summed E-state index contributed by atoms with van der Waals surface area (Å²) in [6, 6.07) is 0.948. The summed E-state index contributed by atoms with van der Waals surface area (Å²) in [5.41, 5.74) is 0. The molecular formula is C9H22O3Si2. The molecule has 0 aliphatic rings. The van der Waals surface area contributed by atoms with Gasteiger partial charge in [-0.2, -0.15) is 0 Å². The van der Waals surface area contributed by atoms with Crippen molar-refractivity contribution < 1.29 is 14.0 Å². The number of rotatable bonds is 6. The summed E-state index contributed by atoms with van der Waals surface area (Å²) in [6.07, 6.45) is 1.02. The van der Waals surface area contributed by atoms with Crippen LogP contribution in [0.3, 0.4) is 0 Å². The van der Waals surface area contributed by atoms with Gasteiger partial charge in [0.05, 0.1) is 0 Å². The molecule has 0 amide bonds. The Hall–Kier alpha value is -0.136. The van der Waals surface area contributed by atoms with E-state index in [-0.39, 0.29) is 6.42 Å². The molecule has 0 rings (SSSR count). The Kier molecular flexibility index (Phi) is 5.04. The van der Waals surface area contributed by atoms with Crippen LogP contribution in [-0.4, -0.2) is 27.7 Å². The van der Waals surface area contributed by atoms with Gasteiger partial charge in [-0.15, -0.1) is 0 Å². The highest BCUT2D eigenvalue weighted by atomic mass is 28.4. The van der Waals surface area contributed by atoms with Crippen molar-refractivity contribution in [3.05, 3.63) is 0 Å². The van der Waals surface area contributed by atoms with E-state index in [4.69, 9.17) is 9.22 Å². The van der Waals surface area contributed by atoms with Crippen LogP contribution in [0.1, 0.15) is 12.8 Å². The van der Waals surface area contributed by atoms with Gasteiger partial charge in [-0.3, -0.25) is 4.79 Å². The van der Waals surface area contributed by atoms with E-state index in [1.54, 1.807) is 0 Å². The molecule has 1 N–H and O–H groups in total. The van der Waals surface area contributed by atoms with Crippen molar-refractivity contribution in [2.45, 2.75) is 51.6 Å². The second-order valence-electron chi connectivity index (χ2n) is 5.22. The highest BCUT2D eigenvalue weighted by Crippen LogP contribution is 2.20. The Morgan fingerprint density at radius 3 is 2.07 bits per heavy atom. The molecule has 84 valence electrons.